The average Bonchev–Trinajstić information content (AvgIpc) is 3.28. The first-order valence-corrected chi connectivity index (χ1v) is 10.9. The van der Waals surface area contributed by atoms with Crippen LogP contribution < -0.4 is 4.74 Å². The van der Waals surface area contributed by atoms with Gasteiger partial charge in [0.05, 0.1) is 7.11 Å². The lowest BCUT2D eigenvalue weighted by atomic mass is 9.99. The van der Waals surface area contributed by atoms with Crippen LogP contribution in [0.2, 0.25) is 0 Å². The summed E-state index contributed by atoms with van der Waals surface area (Å²) >= 11 is 0. The molecule has 30 heavy (non-hydrogen) atoms. The second-order valence-corrected chi connectivity index (χ2v) is 8.50. The molecule has 2 saturated heterocycles. The first kappa shape index (κ1) is 20.5. The Balaban J connectivity index is 1.54. The minimum Gasteiger partial charge on any atom is -0.497 e. The summed E-state index contributed by atoms with van der Waals surface area (Å²) in [6.45, 7) is 4.46. The van der Waals surface area contributed by atoms with E-state index in [1.807, 2.05) is 53.4 Å². The molecule has 0 N–H and O–H groups in total. The summed E-state index contributed by atoms with van der Waals surface area (Å²) in [4.78, 5) is 30.3. The van der Waals surface area contributed by atoms with Crippen molar-refractivity contribution in [3.8, 4) is 16.9 Å². The second-order valence-electron chi connectivity index (χ2n) is 8.50. The van der Waals surface area contributed by atoms with Gasteiger partial charge >= 0.3 is 0 Å². The van der Waals surface area contributed by atoms with Crippen LogP contribution in [0.4, 0.5) is 0 Å². The molecule has 2 fully saturated rings. The lowest BCUT2D eigenvalue weighted by Crippen LogP contribution is -2.50. The van der Waals surface area contributed by atoms with Gasteiger partial charge in [0, 0.05) is 25.2 Å². The third kappa shape index (κ3) is 4.20. The van der Waals surface area contributed by atoms with E-state index in [1.54, 1.807) is 12.0 Å². The molecule has 2 aromatic carbocycles. The Hall–Kier alpha value is -2.82. The zero-order valence-electron chi connectivity index (χ0n) is 17.8. The number of likely N-dealkylation sites (tertiary alicyclic amines) is 2. The van der Waals surface area contributed by atoms with Crippen molar-refractivity contribution in [1.82, 2.24) is 9.80 Å². The van der Waals surface area contributed by atoms with Crippen LogP contribution in [-0.4, -0.2) is 54.4 Å². The molecule has 2 aromatic rings. The largest absolute Gasteiger partial charge is 0.497 e. The topological polar surface area (TPSA) is 49.9 Å². The van der Waals surface area contributed by atoms with E-state index >= 15 is 0 Å². The first-order valence-electron chi connectivity index (χ1n) is 10.9. The highest BCUT2D eigenvalue weighted by atomic mass is 16.5. The fourth-order valence-electron chi connectivity index (χ4n) is 4.67. The van der Waals surface area contributed by atoms with Gasteiger partial charge < -0.3 is 14.5 Å². The highest BCUT2D eigenvalue weighted by molar-refractivity contribution is 5.99. The Labute approximate surface area is 178 Å². The number of amides is 2. The number of hydrogen-bond donors (Lipinski definition) is 0. The van der Waals surface area contributed by atoms with Gasteiger partial charge in [-0.3, -0.25) is 9.59 Å². The molecule has 2 amide bonds. The van der Waals surface area contributed by atoms with Gasteiger partial charge in [0.15, 0.2) is 0 Å². The number of carbonyl (C=O) groups excluding carboxylic acids is 2. The Morgan fingerprint density at radius 1 is 0.967 bits per heavy atom. The summed E-state index contributed by atoms with van der Waals surface area (Å²) < 4.78 is 5.32. The summed E-state index contributed by atoms with van der Waals surface area (Å²) in [6.07, 6.45) is 3.86. The quantitative estimate of drug-likeness (QED) is 0.764. The molecule has 158 valence electrons. The molecule has 0 saturated carbocycles. The first-order chi connectivity index (χ1) is 14.6. The third-order valence-corrected chi connectivity index (χ3v) is 6.28. The normalized spacial score (nSPS) is 21.5. The van der Waals surface area contributed by atoms with Crippen LogP contribution in [0.3, 0.4) is 0 Å². The van der Waals surface area contributed by atoms with E-state index in [0.717, 1.165) is 49.2 Å². The van der Waals surface area contributed by atoms with Crippen LogP contribution in [0.1, 0.15) is 43.0 Å². The number of rotatable bonds is 4. The Morgan fingerprint density at radius 2 is 1.70 bits per heavy atom. The molecule has 2 aliphatic rings. The van der Waals surface area contributed by atoms with Crippen molar-refractivity contribution in [2.24, 2.45) is 5.92 Å². The monoisotopic (exact) mass is 406 g/mol. The van der Waals surface area contributed by atoms with Gasteiger partial charge in [0.25, 0.3) is 5.91 Å². The summed E-state index contributed by atoms with van der Waals surface area (Å²) in [7, 11) is 1.65. The summed E-state index contributed by atoms with van der Waals surface area (Å²) in [5, 5.41) is 0. The summed E-state index contributed by atoms with van der Waals surface area (Å²) in [5.41, 5.74) is 2.59. The van der Waals surface area contributed by atoms with E-state index in [0.29, 0.717) is 18.0 Å². The molecule has 5 nitrogen and oxygen atoms in total. The molecule has 2 heterocycles. The van der Waals surface area contributed by atoms with Crippen molar-refractivity contribution in [2.75, 3.05) is 26.7 Å². The number of carbonyl (C=O) groups is 2. The van der Waals surface area contributed by atoms with Gasteiger partial charge in [-0.2, -0.15) is 0 Å². The van der Waals surface area contributed by atoms with Gasteiger partial charge in [-0.25, -0.2) is 0 Å². The fourth-order valence-corrected chi connectivity index (χ4v) is 4.67. The van der Waals surface area contributed by atoms with E-state index in [-0.39, 0.29) is 17.9 Å². The van der Waals surface area contributed by atoms with E-state index in [2.05, 4.69) is 6.92 Å². The molecule has 2 unspecified atom stereocenters. The predicted octanol–water partition coefficient (Wildman–Crippen LogP) is 4.23. The fraction of sp³-hybridized carbons (Fsp3) is 0.440. The van der Waals surface area contributed by atoms with Crippen LogP contribution >= 0.6 is 0 Å². The van der Waals surface area contributed by atoms with Gasteiger partial charge in [0.2, 0.25) is 5.91 Å². The van der Waals surface area contributed by atoms with Crippen LogP contribution in [0.25, 0.3) is 11.1 Å². The molecule has 2 aliphatic heterocycles. The summed E-state index contributed by atoms with van der Waals surface area (Å²) in [6, 6.07) is 15.1. The number of benzene rings is 2. The van der Waals surface area contributed by atoms with Gasteiger partial charge in [0.1, 0.15) is 11.8 Å². The zero-order valence-corrected chi connectivity index (χ0v) is 17.8. The van der Waals surface area contributed by atoms with Crippen molar-refractivity contribution < 1.29 is 14.3 Å². The number of methoxy groups -OCH3 is 1. The predicted molar refractivity (Wildman–Crippen MR) is 117 cm³/mol. The van der Waals surface area contributed by atoms with Crippen LogP contribution in [0.5, 0.6) is 5.75 Å². The molecule has 5 heteroatoms. The minimum absolute atomic E-state index is 0.0549. The summed E-state index contributed by atoms with van der Waals surface area (Å²) in [5.74, 6) is 1.38. The Kier molecular flexibility index (Phi) is 6.07. The molecule has 0 aromatic heterocycles. The van der Waals surface area contributed by atoms with Gasteiger partial charge in [-0.05, 0) is 67.0 Å². The highest BCUT2D eigenvalue weighted by Crippen LogP contribution is 2.28. The molecule has 0 bridgehead atoms. The molecule has 4 rings (SSSR count). The number of piperidine rings is 1. The number of nitrogens with zero attached hydrogens (tertiary/aromatic N) is 2. The maximum atomic E-state index is 13.3. The smallest absolute Gasteiger partial charge is 0.254 e. The van der Waals surface area contributed by atoms with Crippen LogP contribution in [0, 0.1) is 5.92 Å². The third-order valence-electron chi connectivity index (χ3n) is 6.28. The van der Waals surface area contributed by atoms with Crippen molar-refractivity contribution in [3.05, 3.63) is 54.1 Å². The number of hydrogen-bond acceptors (Lipinski definition) is 3. The second kappa shape index (κ2) is 8.90. The highest BCUT2D eigenvalue weighted by Gasteiger charge is 2.37. The zero-order chi connectivity index (χ0) is 21.1. The van der Waals surface area contributed by atoms with Crippen molar-refractivity contribution in [1.29, 1.82) is 0 Å². The Morgan fingerprint density at radius 3 is 2.47 bits per heavy atom. The molecule has 0 spiro atoms. The van der Waals surface area contributed by atoms with Gasteiger partial charge in [-0.1, -0.05) is 31.2 Å². The van der Waals surface area contributed by atoms with E-state index in [1.165, 1.54) is 6.42 Å². The molecule has 0 radical (unpaired) electrons. The maximum absolute atomic E-state index is 13.3. The van der Waals surface area contributed by atoms with E-state index < -0.39 is 0 Å². The van der Waals surface area contributed by atoms with Crippen molar-refractivity contribution in [3.63, 3.8) is 0 Å². The average molecular weight is 407 g/mol. The Bertz CT molecular complexity index is 926. The van der Waals surface area contributed by atoms with Crippen LogP contribution in [0.15, 0.2) is 48.5 Å². The SMILES string of the molecule is COc1cccc(-c2cccc(C(=O)N3CCCC3C(=O)N3CCCC(C)C3)c2)c1. The molecular weight excluding hydrogens is 376 g/mol. The molecule has 0 aliphatic carbocycles. The van der Waals surface area contributed by atoms with Crippen molar-refractivity contribution >= 4 is 11.8 Å². The maximum Gasteiger partial charge on any atom is 0.254 e. The van der Waals surface area contributed by atoms with Crippen molar-refractivity contribution in [2.45, 2.75) is 38.6 Å². The van der Waals surface area contributed by atoms with E-state index in [4.69, 9.17) is 4.74 Å². The lowest BCUT2D eigenvalue weighted by Gasteiger charge is -2.35. The number of ether oxygens (including phenoxy) is 1. The molecular formula is C25H30N2O3. The standard InChI is InChI=1S/C25H30N2O3/c1-18-7-5-13-26(17-18)25(29)23-12-6-14-27(23)24(28)21-10-3-8-19(15-21)20-9-4-11-22(16-20)30-2/h3-4,8-11,15-16,18,23H,5-7,12-14,17H2,1-2H3. The van der Waals surface area contributed by atoms with Crippen LogP contribution in [-0.2, 0) is 4.79 Å². The van der Waals surface area contributed by atoms with E-state index in [9.17, 15) is 9.59 Å². The minimum atomic E-state index is -0.330. The van der Waals surface area contributed by atoms with Gasteiger partial charge in [-0.15, -0.1) is 0 Å². The lowest BCUT2D eigenvalue weighted by molar-refractivity contribution is -0.137. The molecule has 2 atom stereocenters.